The fourth-order valence-corrected chi connectivity index (χ4v) is 3.15. The van der Waals surface area contributed by atoms with Gasteiger partial charge in [0.1, 0.15) is 0 Å². The van der Waals surface area contributed by atoms with E-state index in [2.05, 4.69) is 27.7 Å². The van der Waals surface area contributed by atoms with E-state index < -0.39 is 0 Å². The summed E-state index contributed by atoms with van der Waals surface area (Å²) in [6.45, 7) is 1.49. The Labute approximate surface area is 137 Å². The third kappa shape index (κ3) is 3.54. The van der Waals surface area contributed by atoms with Gasteiger partial charge in [0.05, 0.1) is 16.4 Å². The van der Waals surface area contributed by atoms with Crippen LogP contribution in [0, 0.1) is 0 Å². The Morgan fingerprint density at radius 1 is 1.17 bits per heavy atom. The number of anilines is 1. The van der Waals surface area contributed by atoms with E-state index in [0.29, 0.717) is 0 Å². The molecule has 6 heteroatoms. The summed E-state index contributed by atoms with van der Waals surface area (Å²) in [6, 6.07) is 15.6. The van der Waals surface area contributed by atoms with Crippen LogP contribution < -0.4 is 10.1 Å². The number of aryl methyl sites for hydroxylation is 1. The maximum Gasteiger partial charge on any atom is 0.221 e. The molecule has 0 saturated heterocycles. The van der Waals surface area contributed by atoms with Crippen molar-refractivity contribution < 1.29 is 4.79 Å². The molecule has 0 bridgehead atoms. The normalized spacial score (nSPS) is 12.2. The molecule has 1 aromatic heterocycles. The van der Waals surface area contributed by atoms with Crippen molar-refractivity contribution >= 4 is 39.4 Å². The highest BCUT2D eigenvalue weighted by Crippen LogP contribution is 2.15. The first-order valence-electron chi connectivity index (χ1n) is 7.13. The smallest absolute Gasteiger partial charge is 0.221 e. The summed E-state index contributed by atoms with van der Waals surface area (Å²) in [7, 11) is 1.98. The predicted molar refractivity (Wildman–Crippen MR) is 94.7 cm³/mol. The molecule has 0 aliphatic carbocycles. The van der Waals surface area contributed by atoms with Crippen LogP contribution >= 0.6 is 11.3 Å². The van der Waals surface area contributed by atoms with E-state index in [1.165, 1.54) is 11.6 Å². The Hall–Kier alpha value is -2.73. The molecule has 1 amide bonds. The first-order valence-corrected chi connectivity index (χ1v) is 7.94. The molecule has 0 aliphatic heterocycles. The predicted octanol–water partition coefficient (Wildman–Crippen LogP) is 3.13. The van der Waals surface area contributed by atoms with Gasteiger partial charge in [-0.1, -0.05) is 35.6 Å². The van der Waals surface area contributed by atoms with Crippen molar-refractivity contribution in [2.45, 2.75) is 6.92 Å². The average molecular weight is 324 g/mol. The number of nitrogens with one attached hydrogen (secondary N) is 1. The van der Waals surface area contributed by atoms with Gasteiger partial charge in [0.2, 0.25) is 10.7 Å². The highest BCUT2D eigenvalue weighted by molar-refractivity contribution is 7.16. The zero-order valence-electron chi connectivity index (χ0n) is 12.9. The minimum Gasteiger partial charge on any atom is -0.326 e. The summed E-state index contributed by atoms with van der Waals surface area (Å²) >= 11 is 1.60. The lowest BCUT2D eigenvalue weighted by atomic mass is 10.2. The molecule has 3 rings (SSSR count). The number of para-hydroxylation sites is 1. The van der Waals surface area contributed by atoms with Gasteiger partial charge in [-0.2, -0.15) is 5.10 Å². The van der Waals surface area contributed by atoms with Crippen molar-refractivity contribution in [3.63, 3.8) is 0 Å². The molecule has 3 aromatic rings. The average Bonchev–Trinajstić information content (AvgIpc) is 2.85. The van der Waals surface area contributed by atoms with Gasteiger partial charge in [-0.3, -0.25) is 4.79 Å². The van der Waals surface area contributed by atoms with Crippen LogP contribution in [-0.4, -0.2) is 16.7 Å². The fourth-order valence-electron chi connectivity index (χ4n) is 2.18. The third-order valence-electron chi connectivity index (χ3n) is 3.30. The van der Waals surface area contributed by atoms with Gasteiger partial charge in [-0.15, -0.1) is 5.10 Å². The van der Waals surface area contributed by atoms with Gasteiger partial charge in [0.15, 0.2) is 0 Å². The number of carbonyl (C=O) groups excluding carboxylic acids is 1. The van der Waals surface area contributed by atoms with Crippen LogP contribution in [0.2, 0.25) is 0 Å². The van der Waals surface area contributed by atoms with Gasteiger partial charge in [-0.05, 0) is 29.8 Å². The van der Waals surface area contributed by atoms with Crippen LogP contribution in [0.25, 0.3) is 10.2 Å². The van der Waals surface area contributed by atoms with Crippen molar-refractivity contribution in [2.24, 2.45) is 17.3 Å². The molecule has 0 atom stereocenters. The molecular formula is C17H16N4OS. The number of amides is 1. The summed E-state index contributed by atoms with van der Waals surface area (Å²) < 4.78 is 3.21. The lowest BCUT2D eigenvalue weighted by Crippen LogP contribution is -2.08. The van der Waals surface area contributed by atoms with Gasteiger partial charge in [0, 0.05) is 19.7 Å². The summed E-state index contributed by atoms with van der Waals surface area (Å²) in [5.41, 5.74) is 2.83. The van der Waals surface area contributed by atoms with Crippen molar-refractivity contribution in [1.29, 1.82) is 0 Å². The molecule has 0 spiro atoms. The Morgan fingerprint density at radius 3 is 2.61 bits per heavy atom. The number of hydrogen-bond donors (Lipinski definition) is 1. The van der Waals surface area contributed by atoms with Crippen LogP contribution in [0.1, 0.15) is 12.5 Å². The summed E-state index contributed by atoms with van der Waals surface area (Å²) in [6.07, 6.45) is 1.70. The van der Waals surface area contributed by atoms with Crippen LogP contribution in [0.15, 0.2) is 58.7 Å². The molecule has 0 radical (unpaired) electrons. The van der Waals surface area contributed by atoms with Crippen LogP contribution in [0.3, 0.4) is 0 Å². The molecule has 23 heavy (non-hydrogen) atoms. The highest BCUT2D eigenvalue weighted by atomic mass is 32.1. The number of hydrogen-bond acceptors (Lipinski definition) is 4. The molecule has 1 heterocycles. The van der Waals surface area contributed by atoms with Crippen molar-refractivity contribution in [1.82, 2.24) is 4.57 Å². The fraction of sp³-hybridized carbons (Fsp3) is 0.118. The van der Waals surface area contributed by atoms with Gasteiger partial charge in [0.25, 0.3) is 0 Å². The number of aromatic nitrogens is 1. The van der Waals surface area contributed by atoms with Crippen LogP contribution in [0.4, 0.5) is 5.69 Å². The Kier molecular flexibility index (Phi) is 4.34. The number of rotatable bonds is 3. The lowest BCUT2D eigenvalue weighted by molar-refractivity contribution is -0.114. The number of benzene rings is 2. The maximum absolute atomic E-state index is 11.0. The van der Waals surface area contributed by atoms with Crippen molar-refractivity contribution in [3.8, 4) is 0 Å². The second kappa shape index (κ2) is 6.58. The maximum atomic E-state index is 11.0. The molecule has 2 aromatic carbocycles. The quantitative estimate of drug-likeness (QED) is 0.584. The largest absolute Gasteiger partial charge is 0.326 e. The number of thiazole rings is 1. The van der Waals surface area contributed by atoms with E-state index in [9.17, 15) is 4.79 Å². The van der Waals surface area contributed by atoms with E-state index in [1.807, 2.05) is 48.0 Å². The molecule has 116 valence electrons. The van der Waals surface area contributed by atoms with E-state index in [1.54, 1.807) is 17.6 Å². The lowest BCUT2D eigenvalue weighted by Gasteiger charge is -2.00. The van der Waals surface area contributed by atoms with Gasteiger partial charge < -0.3 is 9.88 Å². The highest BCUT2D eigenvalue weighted by Gasteiger charge is 2.00. The minimum absolute atomic E-state index is 0.0846. The Balaban J connectivity index is 1.82. The molecule has 0 aliphatic rings. The zero-order valence-corrected chi connectivity index (χ0v) is 13.7. The van der Waals surface area contributed by atoms with E-state index in [0.717, 1.165) is 21.6 Å². The minimum atomic E-state index is -0.0846. The summed E-state index contributed by atoms with van der Waals surface area (Å²) in [4.78, 5) is 11.8. The Bertz CT molecular complexity index is 935. The topological polar surface area (TPSA) is 58.8 Å². The summed E-state index contributed by atoms with van der Waals surface area (Å²) in [5.74, 6) is -0.0846. The van der Waals surface area contributed by atoms with Crippen LogP contribution in [-0.2, 0) is 11.8 Å². The first-order chi connectivity index (χ1) is 11.1. The number of nitrogens with zero attached hydrogens (tertiary/aromatic N) is 3. The molecule has 0 unspecified atom stereocenters. The van der Waals surface area contributed by atoms with Crippen LogP contribution in [0.5, 0.6) is 0 Å². The van der Waals surface area contributed by atoms with Gasteiger partial charge in [-0.25, -0.2) is 0 Å². The molecule has 0 fully saturated rings. The Morgan fingerprint density at radius 2 is 1.91 bits per heavy atom. The number of carbonyl (C=O) groups is 1. The molecule has 5 nitrogen and oxygen atoms in total. The molecular weight excluding hydrogens is 308 g/mol. The van der Waals surface area contributed by atoms with E-state index in [4.69, 9.17) is 0 Å². The van der Waals surface area contributed by atoms with Crippen molar-refractivity contribution in [3.05, 3.63) is 58.9 Å². The van der Waals surface area contributed by atoms with E-state index in [-0.39, 0.29) is 5.91 Å². The first kappa shape index (κ1) is 15.2. The monoisotopic (exact) mass is 324 g/mol. The number of fused-ring (bicyclic) bond motifs is 1. The second-order valence-electron chi connectivity index (χ2n) is 5.06. The SMILES string of the molecule is CC(=O)Nc1ccc(C=NN=c2sc3ccccc3n2C)cc1. The second-order valence-corrected chi connectivity index (χ2v) is 6.07. The third-order valence-corrected chi connectivity index (χ3v) is 4.40. The zero-order chi connectivity index (χ0) is 16.2. The van der Waals surface area contributed by atoms with Crippen molar-refractivity contribution in [2.75, 3.05) is 5.32 Å². The molecule has 0 saturated carbocycles. The van der Waals surface area contributed by atoms with Gasteiger partial charge >= 0.3 is 0 Å². The summed E-state index contributed by atoms with van der Waals surface area (Å²) in [5, 5.41) is 11.2. The standard InChI is InChI=1S/C17H16N4OS/c1-12(22)19-14-9-7-13(8-10-14)11-18-20-17-21(2)15-5-3-4-6-16(15)23-17/h3-11H,1-2H3,(H,19,22). The van der Waals surface area contributed by atoms with E-state index >= 15 is 0 Å². The molecule has 1 N–H and O–H groups in total.